The average Bonchev–Trinajstić information content (AvgIpc) is 2.49. The van der Waals surface area contributed by atoms with Crippen LogP contribution in [0.4, 0.5) is 0 Å². The maximum absolute atomic E-state index is 12.8. The first kappa shape index (κ1) is 15.2. The van der Waals surface area contributed by atoms with E-state index in [1.807, 2.05) is 0 Å². The lowest BCUT2D eigenvalue weighted by atomic mass is 10.2. The molecule has 2 aromatic rings. The predicted octanol–water partition coefficient (Wildman–Crippen LogP) is 1.73. The Kier molecular flexibility index (Phi) is 4.70. The Morgan fingerprint density at radius 2 is 1.90 bits per heavy atom. The number of aromatic nitrogens is 1. The van der Waals surface area contributed by atoms with Crippen molar-refractivity contribution >= 4 is 15.7 Å². The summed E-state index contributed by atoms with van der Waals surface area (Å²) in [6.45, 7) is 1.37. The van der Waals surface area contributed by atoms with Gasteiger partial charge in [0.05, 0.1) is 4.90 Å². The van der Waals surface area contributed by atoms with E-state index in [1.165, 1.54) is 13.1 Å². The molecule has 1 aromatic heterocycles. The second-order valence-corrected chi connectivity index (χ2v) is 6.70. The van der Waals surface area contributed by atoms with Crippen molar-refractivity contribution in [1.82, 2.24) is 10.3 Å². The molecule has 0 spiro atoms. The Morgan fingerprint density at radius 3 is 2.48 bits per heavy atom. The first-order chi connectivity index (χ1) is 10.0. The second-order valence-electron chi connectivity index (χ2n) is 4.57. The first-order valence-electron chi connectivity index (χ1n) is 6.45. The zero-order chi connectivity index (χ0) is 15.3. The number of carbonyl (C=O) groups is 1. The summed E-state index contributed by atoms with van der Waals surface area (Å²) in [5, 5.41) is 1.71. The normalized spacial score (nSPS) is 12.6. The van der Waals surface area contributed by atoms with E-state index < -0.39 is 15.1 Å². The van der Waals surface area contributed by atoms with Gasteiger partial charge in [-0.25, -0.2) is 8.42 Å². The third-order valence-electron chi connectivity index (χ3n) is 3.04. The van der Waals surface area contributed by atoms with Crippen molar-refractivity contribution in [3.63, 3.8) is 0 Å². The molecule has 0 radical (unpaired) electrons. The highest BCUT2D eigenvalue weighted by Gasteiger charge is 2.29. The molecule has 0 aliphatic carbocycles. The average molecular weight is 304 g/mol. The zero-order valence-electron chi connectivity index (χ0n) is 11.6. The van der Waals surface area contributed by atoms with E-state index in [4.69, 9.17) is 0 Å². The third-order valence-corrected chi connectivity index (χ3v) is 5.16. The van der Waals surface area contributed by atoms with E-state index in [0.29, 0.717) is 5.56 Å². The molecule has 6 heteroatoms. The van der Waals surface area contributed by atoms with Gasteiger partial charge in [0, 0.05) is 25.9 Å². The van der Waals surface area contributed by atoms with Crippen molar-refractivity contribution in [2.75, 3.05) is 6.54 Å². The smallest absolute Gasteiger partial charge is 0.216 e. The largest absolute Gasteiger partial charge is 0.355 e. The molecule has 2 rings (SSSR count). The summed E-state index contributed by atoms with van der Waals surface area (Å²) >= 11 is 0. The van der Waals surface area contributed by atoms with Crippen LogP contribution in [0.1, 0.15) is 17.7 Å². The number of nitrogens with one attached hydrogen (secondary N) is 1. The summed E-state index contributed by atoms with van der Waals surface area (Å²) in [6, 6.07) is 11.6. The molecule has 0 saturated heterocycles. The minimum atomic E-state index is -3.60. The summed E-state index contributed by atoms with van der Waals surface area (Å²) in [5.41, 5.74) is 0.551. The van der Waals surface area contributed by atoms with Crippen LogP contribution in [-0.4, -0.2) is 25.9 Å². The molecule has 110 valence electrons. The molecule has 1 heterocycles. The van der Waals surface area contributed by atoms with Crippen molar-refractivity contribution in [3.05, 3.63) is 60.4 Å². The van der Waals surface area contributed by atoms with E-state index in [0.717, 1.165) is 0 Å². The van der Waals surface area contributed by atoms with Crippen molar-refractivity contribution in [2.24, 2.45) is 0 Å². The predicted molar refractivity (Wildman–Crippen MR) is 79.3 cm³/mol. The molecular weight excluding hydrogens is 288 g/mol. The zero-order valence-corrected chi connectivity index (χ0v) is 12.4. The number of sulfone groups is 1. The Labute approximate surface area is 124 Å². The Morgan fingerprint density at radius 1 is 1.19 bits per heavy atom. The summed E-state index contributed by atoms with van der Waals surface area (Å²) in [5.74, 6) is -0.271. The highest BCUT2D eigenvalue weighted by molar-refractivity contribution is 7.91. The number of rotatable bonds is 5. The van der Waals surface area contributed by atoms with Crippen LogP contribution in [0.5, 0.6) is 0 Å². The Hall–Kier alpha value is -2.21. The number of hydrogen-bond donors (Lipinski definition) is 1. The van der Waals surface area contributed by atoms with Crippen molar-refractivity contribution in [1.29, 1.82) is 0 Å². The molecule has 1 N–H and O–H groups in total. The molecule has 1 aromatic carbocycles. The monoisotopic (exact) mass is 304 g/mol. The van der Waals surface area contributed by atoms with Crippen molar-refractivity contribution in [2.45, 2.75) is 17.1 Å². The lowest BCUT2D eigenvalue weighted by Crippen LogP contribution is -2.30. The third kappa shape index (κ3) is 3.66. The van der Waals surface area contributed by atoms with E-state index in [-0.39, 0.29) is 17.3 Å². The van der Waals surface area contributed by atoms with E-state index in [1.54, 1.807) is 48.7 Å². The van der Waals surface area contributed by atoms with E-state index >= 15 is 0 Å². The Bertz CT molecular complexity index is 700. The molecule has 1 atom stereocenters. The summed E-state index contributed by atoms with van der Waals surface area (Å²) in [7, 11) is -3.60. The van der Waals surface area contributed by atoms with Crippen LogP contribution >= 0.6 is 0 Å². The number of hydrogen-bond acceptors (Lipinski definition) is 4. The molecule has 0 saturated carbocycles. The van der Waals surface area contributed by atoms with Crippen molar-refractivity contribution < 1.29 is 13.2 Å². The standard InChI is InChI=1S/C15H16N2O3S/c1-12(18)17-11-15(13-6-5-9-16-10-13)21(19,20)14-7-3-2-4-8-14/h2-10,15H,11H2,1H3,(H,17,18). The highest BCUT2D eigenvalue weighted by atomic mass is 32.2. The van der Waals surface area contributed by atoms with Gasteiger partial charge in [-0.3, -0.25) is 9.78 Å². The van der Waals surface area contributed by atoms with Gasteiger partial charge in [0.25, 0.3) is 0 Å². The fraction of sp³-hybridized carbons (Fsp3) is 0.200. The van der Waals surface area contributed by atoms with Gasteiger partial charge in [0.2, 0.25) is 5.91 Å². The van der Waals surface area contributed by atoms with Gasteiger partial charge in [-0.05, 0) is 23.8 Å². The summed E-state index contributed by atoms with van der Waals surface area (Å²) < 4.78 is 25.5. The van der Waals surface area contributed by atoms with Crippen LogP contribution in [0, 0.1) is 0 Å². The van der Waals surface area contributed by atoms with Gasteiger partial charge < -0.3 is 5.32 Å². The summed E-state index contributed by atoms with van der Waals surface area (Å²) in [6.07, 6.45) is 3.08. The fourth-order valence-corrected chi connectivity index (χ4v) is 3.65. The number of benzene rings is 1. The van der Waals surface area contributed by atoms with Gasteiger partial charge in [-0.1, -0.05) is 24.3 Å². The Balaban J connectivity index is 2.42. The lowest BCUT2D eigenvalue weighted by molar-refractivity contribution is -0.118. The maximum Gasteiger partial charge on any atom is 0.216 e. The van der Waals surface area contributed by atoms with Gasteiger partial charge in [-0.15, -0.1) is 0 Å². The van der Waals surface area contributed by atoms with Gasteiger partial charge in [0.15, 0.2) is 9.84 Å². The number of carbonyl (C=O) groups excluding carboxylic acids is 1. The van der Waals surface area contributed by atoms with Crippen LogP contribution in [-0.2, 0) is 14.6 Å². The van der Waals surface area contributed by atoms with Crippen LogP contribution in [0.3, 0.4) is 0 Å². The molecule has 0 aliphatic heterocycles. The minimum absolute atomic E-state index is 0.0122. The molecule has 1 unspecified atom stereocenters. The van der Waals surface area contributed by atoms with Crippen LogP contribution in [0.2, 0.25) is 0 Å². The van der Waals surface area contributed by atoms with Crippen molar-refractivity contribution in [3.8, 4) is 0 Å². The van der Waals surface area contributed by atoms with E-state index in [2.05, 4.69) is 10.3 Å². The molecular formula is C15H16N2O3S. The highest BCUT2D eigenvalue weighted by Crippen LogP contribution is 2.27. The second kappa shape index (κ2) is 6.49. The van der Waals surface area contributed by atoms with Crippen LogP contribution in [0.15, 0.2) is 59.8 Å². The molecule has 21 heavy (non-hydrogen) atoms. The molecule has 0 fully saturated rings. The topological polar surface area (TPSA) is 76.1 Å². The van der Waals surface area contributed by atoms with E-state index in [9.17, 15) is 13.2 Å². The molecule has 0 bridgehead atoms. The molecule has 0 aliphatic rings. The van der Waals surface area contributed by atoms with Crippen LogP contribution in [0.25, 0.3) is 0 Å². The van der Waals surface area contributed by atoms with Crippen LogP contribution < -0.4 is 5.32 Å². The minimum Gasteiger partial charge on any atom is -0.355 e. The lowest BCUT2D eigenvalue weighted by Gasteiger charge is -2.18. The van der Waals surface area contributed by atoms with Gasteiger partial charge in [0.1, 0.15) is 5.25 Å². The number of pyridine rings is 1. The first-order valence-corrected chi connectivity index (χ1v) is 8.00. The molecule has 1 amide bonds. The maximum atomic E-state index is 12.8. The summed E-state index contributed by atoms with van der Waals surface area (Å²) in [4.78, 5) is 15.3. The number of amides is 1. The SMILES string of the molecule is CC(=O)NCC(c1cccnc1)S(=O)(=O)c1ccccc1. The fourth-order valence-electron chi connectivity index (χ4n) is 1.98. The van der Waals surface area contributed by atoms with Gasteiger partial charge >= 0.3 is 0 Å². The van der Waals surface area contributed by atoms with Gasteiger partial charge in [-0.2, -0.15) is 0 Å². The number of nitrogens with zero attached hydrogens (tertiary/aromatic N) is 1. The molecule has 5 nitrogen and oxygen atoms in total. The quantitative estimate of drug-likeness (QED) is 0.912.